The summed E-state index contributed by atoms with van der Waals surface area (Å²) in [5, 5.41) is 11.3. The molecule has 1 saturated carbocycles. The number of nitrogens with one attached hydrogen (secondary N) is 4. The number of alkyl carbamates (subject to hydrolysis) is 1. The van der Waals surface area contributed by atoms with E-state index in [-0.39, 0.29) is 11.9 Å². The maximum atomic E-state index is 12.1. The summed E-state index contributed by atoms with van der Waals surface area (Å²) in [7, 11) is 0. The minimum Gasteiger partial charge on any atom is -0.444 e. The van der Waals surface area contributed by atoms with Crippen molar-refractivity contribution in [3.8, 4) is 0 Å². The average molecular weight is 340 g/mol. The SMILES string of the molecule is C[C@H](NC(=O)OC(C)(C)C)C(=O)N[C@@H](C)C(=O)NC1[C@H]2CNC[C@@H]12. The van der Waals surface area contributed by atoms with Gasteiger partial charge in [-0.25, -0.2) is 4.79 Å². The monoisotopic (exact) mass is 340 g/mol. The first kappa shape index (κ1) is 18.5. The Morgan fingerprint density at radius 1 is 1.00 bits per heavy atom. The minimum atomic E-state index is -0.792. The minimum absolute atomic E-state index is 0.202. The molecule has 2 fully saturated rings. The fourth-order valence-electron chi connectivity index (χ4n) is 2.88. The molecular formula is C16H28N4O4. The zero-order valence-corrected chi connectivity index (χ0v) is 14.9. The number of piperidine rings is 1. The lowest BCUT2D eigenvalue weighted by molar-refractivity contribution is -0.129. The van der Waals surface area contributed by atoms with Gasteiger partial charge in [-0.05, 0) is 46.5 Å². The highest BCUT2D eigenvalue weighted by atomic mass is 16.6. The summed E-state index contributed by atoms with van der Waals surface area (Å²) in [6, 6.07) is -1.23. The van der Waals surface area contributed by atoms with Gasteiger partial charge in [0.1, 0.15) is 17.7 Å². The molecule has 4 N–H and O–H groups in total. The summed E-state index contributed by atoms with van der Waals surface area (Å²) in [6.07, 6.45) is -0.666. The summed E-state index contributed by atoms with van der Waals surface area (Å²) >= 11 is 0. The second-order valence-corrected chi connectivity index (χ2v) is 7.62. The molecule has 0 aromatic rings. The van der Waals surface area contributed by atoms with E-state index < -0.39 is 29.7 Å². The predicted molar refractivity (Wildman–Crippen MR) is 88.2 cm³/mol. The quantitative estimate of drug-likeness (QED) is 0.551. The Morgan fingerprint density at radius 3 is 2.08 bits per heavy atom. The van der Waals surface area contributed by atoms with Crippen LogP contribution < -0.4 is 21.3 Å². The Balaban J connectivity index is 1.72. The lowest BCUT2D eigenvalue weighted by atomic mass is 10.2. The van der Waals surface area contributed by atoms with Gasteiger partial charge in [-0.15, -0.1) is 0 Å². The van der Waals surface area contributed by atoms with Crippen LogP contribution in [0.25, 0.3) is 0 Å². The van der Waals surface area contributed by atoms with E-state index in [9.17, 15) is 14.4 Å². The van der Waals surface area contributed by atoms with Crippen LogP contribution in [0.2, 0.25) is 0 Å². The van der Waals surface area contributed by atoms with Crippen LogP contribution in [0.1, 0.15) is 34.6 Å². The Bertz CT molecular complexity index is 507. The van der Waals surface area contributed by atoms with Crippen LogP contribution in [0.5, 0.6) is 0 Å². The second-order valence-electron chi connectivity index (χ2n) is 7.62. The van der Waals surface area contributed by atoms with Gasteiger partial charge in [-0.2, -0.15) is 0 Å². The fraction of sp³-hybridized carbons (Fsp3) is 0.812. The van der Waals surface area contributed by atoms with Gasteiger partial charge in [-0.3, -0.25) is 9.59 Å². The van der Waals surface area contributed by atoms with Crippen LogP contribution in [0.3, 0.4) is 0 Å². The number of carbonyl (C=O) groups excluding carboxylic acids is 3. The summed E-state index contributed by atoms with van der Waals surface area (Å²) in [5.41, 5.74) is -0.634. The largest absolute Gasteiger partial charge is 0.444 e. The average Bonchev–Trinajstić information content (AvgIpc) is 2.87. The number of carbonyl (C=O) groups is 3. The molecule has 5 atom stereocenters. The Hall–Kier alpha value is -1.83. The summed E-state index contributed by atoms with van der Waals surface area (Å²) in [6.45, 7) is 10.3. The van der Waals surface area contributed by atoms with E-state index in [0.29, 0.717) is 11.8 Å². The highest BCUT2D eigenvalue weighted by Gasteiger charge is 2.53. The van der Waals surface area contributed by atoms with E-state index in [1.54, 1.807) is 34.6 Å². The fourth-order valence-corrected chi connectivity index (χ4v) is 2.88. The van der Waals surface area contributed by atoms with E-state index in [4.69, 9.17) is 4.74 Å². The molecule has 1 saturated heterocycles. The maximum Gasteiger partial charge on any atom is 0.408 e. The molecule has 0 aromatic carbocycles. The van der Waals surface area contributed by atoms with Gasteiger partial charge in [0.05, 0.1) is 0 Å². The first-order chi connectivity index (χ1) is 11.1. The Kier molecular flexibility index (Phi) is 5.37. The molecule has 1 heterocycles. The molecule has 0 spiro atoms. The van der Waals surface area contributed by atoms with Crippen molar-refractivity contribution in [2.24, 2.45) is 11.8 Å². The van der Waals surface area contributed by atoms with E-state index in [1.807, 2.05) is 0 Å². The number of amides is 3. The maximum absolute atomic E-state index is 12.1. The van der Waals surface area contributed by atoms with Crippen LogP contribution in [-0.4, -0.2) is 54.7 Å². The van der Waals surface area contributed by atoms with E-state index in [0.717, 1.165) is 13.1 Å². The topological polar surface area (TPSA) is 109 Å². The normalized spacial score (nSPS) is 27.5. The van der Waals surface area contributed by atoms with Gasteiger partial charge < -0.3 is 26.0 Å². The first-order valence-electron chi connectivity index (χ1n) is 8.39. The first-order valence-corrected chi connectivity index (χ1v) is 8.39. The van der Waals surface area contributed by atoms with Crippen LogP contribution in [-0.2, 0) is 14.3 Å². The van der Waals surface area contributed by atoms with Crippen molar-refractivity contribution < 1.29 is 19.1 Å². The van der Waals surface area contributed by atoms with Crippen molar-refractivity contribution in [1.82, 2.24) is 21.3 Å². The third-order valence-electron chi connectivity index (χ3n) is 4.28. The number of rotatable bonds is 5. The van der Waals surface area contributed by atoms with Gasteiger partial charge in [0.25, 0.3) is 0 Å². The van der Waals surface area contributed by atoms with Crippen molar-refractivity contribution in [1.29, 1.82) is 0 Å². The number of fused-ring (bicyclic) bond motifs is 1. The van der Waals surface area contributed by atoms with E-state index in [1.165, 1.54) is 0 Å². The van der Waals surface area contributed by atoms with Crippen molar-refractivity contribution in [3.05, 3.63) is 0 Å². The highest BCUT2D eigenvalue weighted by molar-refractivity contribution is 5.91. The van der Waals surface area contributed by atoms with Crippen molar-refractivity contribution >= 4 is 17.9 Å². The molecule has 2 aliphatic rings. The third-order valence-corrected chi connectivity index (χ3v) is 4.28. The Labute approximate surface area is 142 Å². The summed E-state index contributed by atoms with van der Waals surface area (Å²) in [4.78, 5) is 35.9. The smallest absolute Gasteiger partial charge is 0.408 e. The molecule has 8 nitrogen and oxygen atoms in total. The van der Waals surface area contributed by atoms with Gasteiger partial charge in [0.15, 0.2) is 0 Å². The van der Waals surface area contributed by atoms with Gasteiger partial charge >= 0.3 is 6.09 Å². The van der Waals surface area contributed by atoms with Gasteiger partial charge in [-0.1, -0.05) is 0 Å². The molecule has 1 unspecified atom stereocenters. The van der Waals surface area contributed by atoms with E-state index in [2.05, 4.69) is 21.3 Å². The molecule has 136 valence electrons. The number of hydrogen-bond donors (Lipinski definition) is 4. The zero-order chi connectivity index (χ0) is 18.1. The van der Waals surface area contributed by atoms with Gasteiger partial charge in [0.2, 0.25) is 11.8 Å². The summed E-state index contributed by atoms with van der Waals surface area (Å²) < 4.78 is 5.10. The van der Waals surface area contributed by atoms with E-state index >= 15 is 0 Å². The molecule has 1 aliphatic heterocycles. The molecule has 0 radical (unpaired) electrons. The van der Waals surface area contributed by atoms with Crippen molar-refractivity contribution in [3.63, 3.8) is 0 Å². The predicted octanol–water partition coefficient (Wildman–Crippen LogP) is -0.262. The molecule has 3 amide bonds. The Morgan fingerprint density at radius 2 is 1.54 bits per heavy atom. The van der Waals surface area contributed by atoms with Crippen molar-refractivity contribution in [2.45, 2.75) is 58.3 Å². The molecule has 2 rings (SSSR count). The molecule has 8 heteroatoms. The van der Waals surface area contributed by atoms with Crippen LogP contribution in [0, 0.1) is 11.8 Å². The number of hydrogen-bond acceptors (Lipinski definition) is 5. The second kappa shape index (κ2) is 6.96. The van der Waals surface area contributed by atoms with Crippen LogP contribution >= 0.6 is 0 Å². The van der Waals surface area contributed by atoms with Gasteiger partial charge in [0, 0.05) is 19.1 Å². The molecule has 0 aromatic heterocycles. The standard InChI is InChI=1S/C16H28N4O4/c1-8(14(22)20-12-10-6-17-7-11(10)12)18-13(21)9(2)19-15(23)24-16(3,4)5/h8-12,17H,6-7H2,1-5H3,(H,18,21)(H,19,23)(H,20,22)/t8-,9-,10-,11+,12?/m0/s1. The zero-order valence-electron chi connectivity index (χ0n) is 14.9. The highest BCUT2D eigenvalue weighted by Crippen LogP contribution is 2.41. The van der Waals surface area contributed by atoms with Crippen molar-refractivity contribution in [2.75, 3.05) is 13.1 Å². The third kappa shape index (κ3) is 4.83. The van der Waals surface area contributed by atoms with Crippen LogP contribution in [0.15, 0.2) is 0 Å². The molecule has 1 aliphatic carbocycles. The lowest BCUT2D eigenvalue weighted by Crippen LogP contribution is -2.52. The molecular weight excluding hydrogens is 312 g/mol. The van der Waals surface area contributed by atoms with Crippen LogP contribution in [0.4, 0.5) is 4.79 Å². The molecule has 0 bridgehead atoms. The molecule has 24 heavy (non-hydrogen) atoms. The number of ether oxygens (including phenoxy) is 1. The lowest BCUT2D eigenvalue weighted by Gasteiger charge is -2.22. The summed E-state index contributed by atoms with van der Waals surface area (Å²) in [5.74, 6) is 0.405.